The average Bonchev–Trinajstić information content (AvgIpc) is 3.22. The van der Waals surface area contributed by atoms with Crippen molar-refractivity contribution in [3.8, 4) is 69.0 Å². The van der Waals surface area contributed by atoms with Crippen molar-refractivity contribution in [2.24, 2.45) is 0 Å². The van der Waals surface area contributed by atoms with Gasteiger partial charge in [-0.15, -0.1) is 0 Å². The molecular formula is C48H48O12. The Labute approximate surface area is 346 Å². The van der Waals surface area contributed by atoms with Gasteiger partial charge in [-0.2, -0.15) is 0 Å². The fourth-order valence-corrected chi connectivity index (χ4v) is 8.49. The Morgan fingerprint density at radius 1 is 0.200 bits per heavy atom. The Balaban J connectivity index is 1.49. The van der Waals surface area contributed by atoms with E-state index in [4.69, 9.17) is 0 Å². The van der Waals surface area contributed by atoms with Gasteiger partial charge in [-0.05, 0) is 145 Å². The molecule has 1 aliphatic rings. The largest absolute Gasteiger partial charge is 0.507 e. The molecule has 0 saturated carbocycles. The number of phenols is 12. The van der Waals surface area contributed by atoms with E-state index >= 15 is 0 Å². The standard InChI is InChI=1S/C48H48O12/c1-19-37(49)25-7-26(38(19)50)14-28-9-30(42(54)21(3)40(28)52)16-32-11-34(46(58)23(5)44(32)56)18-36-12-35(47(59)24(6)48(36)60)17-33-10-31(43(55)22(4)45(33)57)15-29-8-27(13-25)39(51)20(2)41(29)53/h7-12,49-60H,13-18H2,1-6H3. The Morgan fingerprint density at radius 2 is 0.283 bits per heavy atom. The Bertz CT molecular complexity index is 2150. The zero-order valence-electron chi connectivity index (χ0n) is 34.1. The third-order valence-corrected chi connectivity index (χ3v) is 12.3. The lowest BCUT2D eigenvalue weighted by Gasteiger charge is -2.20. The number of rotatable bonds is 0. The minimum atomic E-state index is -0.238. The van der Waals surface area contributed by atoms with Crippen LogP contribution >= 0.6 is 0 Å². The van der Waals surface area contributed by atoms with Gasteiger partial charge in [0.25, 0.3) is 0 Å². The molecule has 6 aromatic carbocycles. The number of hydrogen-bond donors (Lipinski definition) is 12. The minimum Gasteiger partial charge on any atom is -0.507 e. The second-order valence-corrected chi connectivity index (χ2v) is 16.2. The van der Waals surface area contributed by atoms with E-state index in [0.717, 1.165) is 0 Å². The van der Waals surface area contributed by atoms with E-state index in [0.29, 0.717) is 66.8 Å². The van der Waals surface area contributed by atoms with E-state index in [1.165, 1.54) is 41.5 Å². The first-order valence-electron chi connectivity index (χ1n) is 19.4. The lowest BCUT2D eigenvalue weighted by molar-refractivity contribution is 0.430. The van der Waals surface area contributed by atoms with Crippen molar-refractivity contribution in [1.29, 1.82) is 0 Å². The third kappa shape index (κ3) is 6.77. The van der Waals surface area contributed by atoms with Crippen molar-refractivity contribution < 1.29 is 61.3 Å². The average molecular weight is 817 g/mol. The summed E-state index contributed by atoms with van der Waals surface area (Å²) >= 11 is 0. The minimum absolute atomic E-state index is 0.0682. The van der Waals surface area contributed by atoms with Gasteiger partial charge in [0.1, 0.15) is 69.0 Å². The van der Waals surface area contributed by atoms with Crippen LogP contribution in [0.1, 0.15) is 100 Å². The zero-order valence-corrected chi connectivity index (χ0v) is 34.1. The molecule has 0 fully saturated rings. The van der Waals surface area contributed by atoms with Crippen LogP contribution in [0.25, 0.3) is 0 Å². The summed E-state index contributed by atoms with van der Waals surface area (Å²) in [6.07, 6.45) is -0.409. The lowest BCUT2D eigenvalue weighted by Crippen LogP contribution is -2.03. The first-order chi connectivity index (χ1) is 28.2. The molecule has 312 valence electrons. The van der Waals surface area contributed by atoms with Crippen LogP contribution in [0.4, 0.5) is 0 Å². The van der Waals surface area contributed by atoms with Gasteiger partial charge in [0.2, 0.25) is 0 Å². The molecule has 12 heteroatoms. The SMILES string of the molecule is Cc1c(O)c2cc(c1O)Cc1cc(c(O)c(C)c1O)Cc1cc(c(O)c(C)c1O)Cc1cc(c(O)c(C)c1O)Cc1cc(c(O)c(C)c1O)Cc1cc(c(O)c(C)c1O)C2. The van der Waals surface area contributed by atoms with E-state index in [9.17, 15) is 61.3 Å². The van der Waals surface area contributed by atoms with Gasteiger partial charge < -0.3 is 61.3 Å². The van der Waals surface area contributed by atoms with Crippen LogP contribution in [0, 0.1) is 41.5 Å². The highest BCUT2D eigenvalue weighted by Crippen LogP contribution is 2.46. The Hall–Kier alpha value is -7.08. The molecule has 1 aliphatic carbocycles. The molecule has 12 nitrogen and oxygen atoms in total. The first kappa shape index (κ1) is 41.1. The van der Waals surface area contributed by atoms with Crippen LogP contribution in [0.15, 0.2) is 36.4 Å². The van der Waals surface area contributed by atoms with E-state index < -0.39 is 0 Å². The van der Waals surface area contributed by atoms with E-state index in [1.807, 2.05) is 0 Å². The van der Waals surface area contributed by atoms with Crippen LogP contribution in [0.3, 0.4) is 0 Å². The summed E-state index contributed by atoms with van der Waals surface area (Å²) in [5.74, 6) is -2.86. The molecule has 0 heterocycles. The van der Waals surface area contributed by atoms with Crippen LogP contribution in [-0.2, 0) is 38.5 Å². The number of benzene rings is 6. The molecule has 0 aromatic heterocycles. The Kier molecular flexibility index (Phi) is 10.2. The van der Waals surface area contributed by atoms with Gasteiger partial charge in [-0.3, -0.25) is 0 Å². The molecule has 0 atom stereocenters. The lowest BCUT2D eigenvalue weighted by atomic mass is 9.88. The highest BCUT2D eigenvalue weighted by atomic mass is 16.3. The predicted octanol–water partition coefficient (Wildman–Crippen LogP) is 7.86. The molecule has 60 heavy (non-hydrogen) atoms. The van der Waals surface area contributed by atoms with Gasteiger partial charge in [-0.25, -0.2) is 0 Å². The van der Waals surface area contributed by atoms with Crippen LogP contribution in [0.5, 0.6) is 69.0 Å². The molecule has 6 aromatic rings. The smallest absolute Gasteiger partial charge is 0.125 e. The zero-order chi connectivity index (χ0) is 43.8. The van der Waals surface area contributed by atoms with Gasteiger partial charge >= 0.3 is 0 Å². The fraction of sp³-hybridized carbons (Fsp3) is 0.250. The molecule has 12 bridgehead atoms. The maximum atomic E-state index is 11.3. The van der Waals surface area contributed by atoms with Crippen LogP contribution in [-0.4, -0.2) is 61.3 Å². The van der Waals surface area contributed by atoms with Crippen molar-refractivity contribution in [2.45, 2.75) is 80.1 Å². The summed E-state index contributed by atoms with van der Waals surface area (Å²) in [5, 5.41) is 135. The van der Waals surface area contributed by atoms with Crippen molar-refractivity contribution in [2.75, 3.05) is 0 Å². The highest BCUT2D eigenvalue weighted by molar-refractivity contribution is 5.64. The number of phenolic OH excluding ortho intramolecular Hbond substituents is 12. The number of hydrogen-bond acceptors (Lipinski definition) is 12. The van der Waals surface area contributed by atoms with E-state index in [2.05, 4.69) is 0 Å². The number of aromatic hydroxyl groups is 12. The third-order valence-electron chi connectivity index (χ3n) is 12.3. The molecule has 0 unspecified atom stereocenters. The number of fused-ring (bicyclic) bond motifs is 12. The molecule has 0 spiro atoms. The van der Waals surface area contributed by atoms with E-state index in [-0.39, 0.29) is 141 Å². The van der Waals surface area contributed by atoms with Crippen LogP contribution < -0.4 is 0 Å². The summed E-state index contributed by atoms with van der Waals surface area (Å²) < 4.78 is 0. The van der Waals surface area contributed by atoms with Gasteiger partial charge in [0, 0.05) is 71.9 Å². The monoisotopic (exact) mass is 816 g/mol. The summed E-state index contributed by atoms with van der Waals surface area (Å²) in [6, 6.07) is 9.27. The normalized spacial score (nSPS) is 12.9. The van der Waals surface area contributed by atoms with Crippen molar-refractivity contribution in [3.05, 3.63) is 137 Å². The molecular weight excluding hydrogens is 769 g/mol. The first-order valence-corrected chi connectivity index (χ1v) is 19.4. The predicted molar refractivity (Wildman–Crippen MR) is 224 cm³/mol. The second kappa shape index (κ2) is 14.9. The second-order valence-electron chi connectivity index (χ2n) is 16.2. The summed E-state index contributed by atoms with van der Waals surface area (Å²) in [6.45, 7) is 9.11. The van der Waals surface area contributed by atoms with Crippen molar-refractivity contribution in [1.82, 2.24) is 0 Å². The maximum Gasteiger partial charge on any atom is 0.125 e. The fourth-order valence-electron chi connectivity index (χ4n) is 8.49. The summed E-state index contributed by atoms with van der Waals surface area (Å²) in [7, 11) is 0. The van der Waals surface area contributed by atoms with Gasteiger partial charge in [0.15, 0.2) is 0 Å². The summed E-state index contributed by atoms with van der Waals surface area (Å²) in [5.41, 5.74) is 4.53. The molecule has 0 amide bonds. The van der Waals surface area contributed by atoms with Gasteiger partial charge in [0.05, 0.1) is 0 Å². The van der Waals surface area contributed by atoms with Crippen molar-refractivity contribution in [3.63, 3.8) is 0 Å². The topological polar surface area (TPSA) is 243 Å². The molecule has 0 saturated heterocycles. The molecule has 0 aliphatic heterocycles. The van der Waals surface area contributed by atoms with Crippen molar-refractivity contribution >= 4 is 0 Å². The maximum absolute atomic E-state index is 11.3. The van der Waals surface area contributed by atoms with Crippen LogP contribution in [0.2, 0.25) is 0 Å². The molecule has 0 radical (unpaired) electrons. The quantitative estimate of drug-likeness (QED) is 0.0700. The van der Waals surface area contributed by atoms with E-state index in [1.54, 1.807) is 36.4 Å². The highest BCUT2D eigenvalue weighted by Gasteiger charge is 2.26. The summed E-state index contributed by atoms with van der Waals surface area (Å²) in [4.78, 5) is 0. The molecule has 12 N–H and O–H groups in total. The van der Waals surface area contributed by atoms with Gasteiger partial charge in [-0.1, -0.05) is 0 Å². The Morgan fingerprint density at radius 3 is 0.367 bits per heavy atom. The molecule has 7 rings (SSSR count).